The Kier molecular flexibility index (Phi) is 55.5. The van der Waals surface area contributed by atoms with Gasteiger partial charge in [-0.3, -0.25) is 9.59 Å². The minimum atomic E-state index is -0.848. The van der Waals surface area contributed by atoms with Crippen LogP contribution in [0.15, 0.2) is 24.3 Å². The molecule has 0 saturated heterocycles. The fraction of sp³-hybridized carbons (Fsp3) is 0.902. The number of unbranched alkanes of at least 4 members (excludes halogenated alkanes) is 43. The minimum Gasteiger partial charge on any atom is -0.466 e. The van der Waals surface area contributed by atoms with Crippen LogP contribution in [0.4, 0.5) is 0 Å². The molecule has 0 fully saturated rings. The van der Waals surface area contributed by atoms with Crippen LogP contribution in [0.1, 0.15) is 328 Å². The molecular formula is C61H117NO5. The molecule has 0 heterocycles. The third-order valence-corrected chi connectivity index (χ3v) is 14.0. The fourth-order valence-electron chi connectivity index (χ4n) is 9.34. The molecule has 6 nitrogen and oxygen atoms in total. The number of amides is 1. The molecule has 67 heavy (non-hydrogen) atoms. The molecular weight excluding hydrogens is 827 g/mol. The lowest BCUT2D eigenvalue weighted by molar-refractivity contribution is -0.143. The summed E-state index contributed by atoms with van der Waals surface area (Å²) in [6.07, 6.45) is 69.2. The van der Waals surface area contributed by atoms with E-state index in [2.05, 4.69) is 31.3 Å². The maximum Gasteiger partial charge on any atom is 0.305 e. The summed E-state index contributed by atoms with van der Waals surface area (Å²) >= 11 is 0. The van der Waals surface area contributed by atoms with Gasteiger partial charge in [0.25, 0.3) is 0 Å². The first-order valence-electron chi connectivity index (χ1n) is 30.1. The first-order valence-corrected chi connectivity index (χ1v) is 30.1. The van der Waals surface area contributed by atoms with Crippen molar-refractivity contribution in [2.45, 2.75) is 341 Å². The molecule has 3 N–H and O–H groups in total. The van der Waals surface area contributed by atoms with Crippen molar-refractivity contribution >= 4 is 11.9 Å². The third-order valence-electron chi connectivity index (χ3n) is 14.0. The molecule has 0 aromatic heterocycles. The van der Waals surface area contributed by atoms with Gasteiger partial charge in [-0.2, -0.15) is 0 Å². The van der Waals surface area contributed by atoms with Crippen molar-refractivity contribution in [3.8, 4) is 0 Å². The van der Waals surface area contributed by atoms with Crippen LogP contribution in [-0.4, -0.2) is 47.4 Å². The van der Waals surface area contributed by atoms with Crippen molar-refractivity contribution in [3.05, 3.63) is 24.3 Å². The molecule has 0 spiro atoms. The van der Waals surface area contributed by atoms with Crippen molar-refractivity contribution in [3.63, 3.8) is 0 Å². The molecule has 0 aliphatic rings. The van der Waals surface area contributed by atoms with Crippen LogP contribution in [0.2, 0.25) is 0 Å². The number of hydrogen-bond donors (Lipinski definition) is 3. The monoisotopic (exact) mass is 944 g/mol. The van der Waals surface area contributed by atoms with Crippen LogP contribution in [0.3, 0.4) is 0 Å². The van der Waals surface area contributed by atoms with Gasteiger partial charge in [-0.15, -0.1) is 0 Å². The lowest BCUT2D eigenvalue weighted by Crippen LogP contribution is -2.45. The first-order chi connectivity index (χ1) is 33.0. The Morgan fingerprint density at radius 3 is 1.06 bits per heavy atom. The Morgan fingerprint density at radius 1 is 0.403 bits per heavy atom. The normalized spacial score (nSPS) is 12.7. The highest BCUT2D eigenvalue weighted by atomic mass is 16.5. The molecule has 0 aromatic carbocycles. The van der Waals surface area contributed by atoms with Gasteiger partial charge in [0, 0.05) is 12.8 Å². The summed E-state index contributed by atoms with van der Waals surface area (Å²) in [5.41, 5.74) is 0. The van der Waals surface area contributed by atoms with Crippen molar-refractivity contribution in [1.82, 2.24) is 5.32 Å². The summed E-state index contributed by atoms with van der Waals surface area (Å²) in [4.78, 5) is 24.5. The summed E-state index contributed by atoms with van der Waals surface area (Å²) in [6, 6.07) is -0.632. The number of rotatable bonds is 56. The van der Waals surface area contributed by atoms with Crippen molar-refractivity contribution in [2.24, 2.45) is 0 Å². The van der Waals surface area contributed by atoms with E-state index in [1.54, 1.807) is 6.08 Å². The number of allylic oxidation sites excluding steroid dienone is 3. The van der Waals surface area contributed by atoms with E-state index in [0.29, 0.717) is 19.4 Å². The van der Waals surface area contributed by atoms with E-state index in [9.17, 15) is 19.8 Å². The summed E-state index contributed by atoms with van der Waals surface area (Å²) in [5.74, 6) is -0.0617. The predicted octanol–water partition coefficient (Wildman–Crippen LogP) is 18.6. The largest absolute Gasteiger partial charge is 0.466 e. The molecule has 2 unspecified atom stereocenters. The van der Waals surface area contributed by atoms with Gasteiger partial charge in [0.2, 0.25) is 5.91 Å². The van der Waals surface area contributed by atoms with Crippen molar-refractivity contribution in [1.29, 1.82) is 0 Å². The molecule has 0 saturated carbocycles. The first kappa shape index (κ1) is 65.3. The van der Waals surface area contributed by atoms with Crippen LogP contribution in [0.5, 0.6) is 0 Å². The summed E-state index contributed by atoms with van der Waals surface area (Å²) < 4.78 is 5.46. The average Bonchev–Trinajstić information content (AvgIpc) is 3.33. The second-order valence-electron chi connectivity index (χ2n) is 20.7. The van der Waals surface area contributed by atoms with Gasteiger partial charge in [0.05, 0.1) is 25.4 Å². The SMILES string of the molecule is CCCCCCCCCCCCCCCC/C=C/C(O)C(CO)NC(=O)CCCCCCCCC/C=C\CCCCCCCCCCCCCCOC(=O)CCCCCCCCCCCCC. The molecule has 0 radical (unpaired) electrons. The van der Waals surface area contributed by atoms with Gasteiger partial charge in [-0.05, 0) is 57.8 Å². The zero-order valence-corrected chi connectivity index (χ0v) is 45.1. The Morgan fingerprint density at radius 2 is 0.701 bits per heavy atom. The second kappa shape index (κ2) is 56.9. The Balaban J connectivity index is 3.44. The molecule has 396 valence electrons. The van der Waals surface area contributed by atoms with Gasteiger partial charge in [0.15, 0.2) is 0 Å². The highest BCUT2D eigenvalue weighted by Crippen LogP contribution is 2.17. The van der Waals surface area contributed by atoms with E-state index >= 15 is 0 Å². The Bertz CT molecular complexity index is 1040. The maximum absolute atomic E-state index is 12.5. The van der Waals surface area contributed by atoms with Gasteiger partial charge in [-0.25, -0.2) is 0 Å². The number of aliphatic hydroxyl groups is 2. The average molecular weight is 945 g/mol. The number of aliphatic hydroxyl groups excluding tert-OH is 2. The zero-order valence-electron chi connectivity index (χ0n) is 45.1. The number of hydrogen-bond acceptors (Lipinski definition) is 5. The van der Waals surface area contributed by atoms with Gasteiger partial charge >= 0.3 is 5.97 Å². The van der Waals surface area contributed by atoms with Crippen LogP contribution >= 0.6 is 0 Å². The Labute approximate surface area is 418 Å². The molecule has 0 bridgehead atoms. The second-order valence-corrected chi connectivity index (χ2v) is 20.7. The van der Waals surface area contributed by atoms with Crippen LogP contribution in [0.25, 0.3) is 0 Å². The van der Waals surface area contributed by atoms with Crippen LogP contribution in [0, 0.1) is 0 Å². The standard InChI is InChI=1S/C61H117NO5/c1-3-5-7-9-11-13-15-16-17-27-30-34-37-41-45-49-53-59(64)58(57-63)62-60(65)54-50-46-42-38-35-31-28-25-23-21-19-18-20-22-24-26-29-32-36-40-44-48-52-56-67-61(66)55-51-47-43-39-33-14-12-10-8-6-4-2/h21,23,49,53,58-59,63-64H,3-20,22,24-48,50-52,54-57H2,1-2H3,(H,62,65)/b23-21-,53-49+. The number of nitrogens with one attached hydrogen (secondary N) is 1. The molecule has 0 rings (SSSR count). The number of carbonyl (C=O) groups is 2. The smallest absolute Gasteiger partial charge is 0.305 e. The maximum atomic E-state index is 12.5. The summed E-state index contributed by atoms with van der Waals surface area (Å²) in [6.45, 7) is 4.91. The quantitative estimate of drug-likeness (QED) is 0.0321. The topological polar surface area (TPSA) is 95.9 Å². The lowest BCUT2D eigenvalue weighted by atomic mass is 10.0. The minimum absolute atomic E-state index is 0.0108. The van der Waals surface area contributed by atoms with E-state index in [-0.39, 0.29) is 18.5 Å². The number of esters is 1. The molecule has 0 aliphatic heterocycles. The molecule has 1 amide bonds. The third kappa shape index (κ3) is 53.5. The number of ether oxygens (including phenoxy) is 1. The highest BCUT2D eigenvalue weighted by molar-refractivity contribution is 5.76. The van der Waals surface area contributed by atoms with Gasteiger partial charge in [-0.1, -0.05) is 282 Å². The summed E-state index contributed by atoms with van der Waals surface area (Å²) in [7, 11) is 0. The molecule has 6 heteroatoms. The lowest BCUT2D eigenvalue weighted by Gasteiger charge is -2.20. The van der Waals surface area contributed by atoms with E-state index in [0.717, 1.165) is 44.9 Å². The van der Waals surface area contributed by atoms with E-state index < -0.39 is 12.1 Å². The fourth-order valence-corrected chi connectivity index (χ4v) is 9.34. The Hall–Kier alpha value is -1.66. The van der Waals surface area contributed by atoms with Crippen molar-refractivity contribution in [2.75, 3.05) is 13.2 Å². The zero-order chi connectivity index (χ0) is 48.6. The molecule has 0 aromatic rings. The van der Waals surface area contributed by atoms with Gasteiger partial charge in [0.1, 0.15) is 0 Å². The van der Waals surface area contributed by atoms with Crippen LogP contribution in [-0.2, 0) is 14.3 Å². The number of carbonyl (C=O) groups excluding carboxylic acids is 2. The predicted molar refractivity (Wildman–Crippen MR) is 292 cm³/mol. The van der Waals surface area contributed by atoms with E-state index in [4.69, 9.17) is 4.74 Å². The van der Waals surface area contributed by atoms with Crippen molar-refractivity contribution < 1.29 is 24.5 Å². The van der Waals surface area contributed by atoms with Gasteiger partial charge < -0.3 is 20.3 Å². The highest BCUT2D eigenvalue weighted by Gasteiger charge is 2.18. The summed E-state index contributed by atoms with van der Waals surface area (Å²) in [5, 5.41) is 23.1. The molecule has 2 atom stereocenters. The van der Waals surface area contributed by atoms with E-state index in [1.807, 2.05) is 6.08 Å². The van der Waals surface area contributed by atoms with Crippen LogP contribution < -0.4 is 5.32 Å². The van der Waals surface area contributed by atoms with E-state index in [1.165, 1.54) is 257 Å². The molecule has 0 aliphatic carbocycles.